The normalized spacial score (nSPS) is 10.1. The first-order chi connectivity index (χ1) is 9.24. The molecule has 1 aromatic carbocycles. The van der Waals surface area contributed by atoms with Gasteiger partial charge in [0, 0.05) is 10.9 Å². The number of para-hydroxylation sites is 1. The van der Waals surface area contributed by atoms with E-state index < -0.39 is 0 Å². The molecule has 98 valence electrons. The van der Waals surface area contributed by atoms with Crippen molar-refractivity contribution in [3.63, 3.8) is 0 Å². The average molecular weight is 275 g/mol. The van der Waals surface area contributed by atoms with E-state index in [0.717, 1.165) is 16.6 Å². The van der Waals surface area contributed by atoms with Gasteiger partial charge >= 0.3 is 0 Å². The maximum Gasteiger partial charge on any atom is 0.143 e. The Kier molecular flexibility index (Phi) is 4.07. The molecule has 3 rings (SSSR count). The van der Waals surface area contributed by atoms with E-state index >= 15 is 0 Å². The van der Waals surface area contributed by atoms with E-state index in [1.807, 2.05) is 44.2 Å². The lowest BCUT2D eigenvalue weighted by Gasteiger charge is -2.00. The maximum atomic E-state index is 9.77. The number of nitrogens with zero attached hydrogens (tertiary/aromatic N) is 1. The van der Waals surface area contributed by atoms with Crippen LogP contribution in [0.2, 0.25) is 5.15 Å². The molecule has 2 heterocycles. The summed E-state index contributed by atoms with van der Waals surface area (Å²) in [6.07, 6.45) is 0. The summed E-state index contributed by atoms with van der Waals surface area (Å²) in [5.74, 6) is 0.112. The largest absolute Gasteiger partial charge is 0.506 e. The van der Waals surface area contributed by atoms with Crippen molar-refractivity contribution in [2.75, 3.05) is 0 Å². The zero-order valence-corrected chi connectivity index (χ0v) is 11.6. The van der Waals surface area contributed by atoms with Crippen LogP contribution in [0.4, 0.5) is 0 Å². The van der Waals surface area contributed by atoms with E-state index in [4.69, 9.17) is 11.6 Å². The second-order valence-electron chi connectivity index (χ2n) is 3.77. The molecule has 3 aromatic rings. The molecule has 0 fully saturated rings. The first kappa shape index (κ1) is 13.4. The Morgan fingerprint density at radius 1 is 1.11 bits per heavy atom. The number of hydrogen-bond acceptors (Lipinski definition) is 2. The highest BCUT2D eigenvalue weighted by molar-refractivity contribution is 6.29. The number of nitrogens with one attached hydrogen (secondary N) is 1. The lowest BCUT2D eigenvalue weighted by molar-refractivity contribution is 0.475. The third-order valence-corrected chi connectivity index (χ3v) is 2.84. The van der Waals surface area contributed by atoms with Gasteiger partial charge in [-0.05, 0) is 24.3 Å². The first-order valence-electron chi connectivity index (χ1n) is 6.18. The smallest absolute Gasteiger partial charge is 0.143 e. The van der Waals surface area contributed by atoms with Crippen molar-refractivity contribution in [3.05, 3.63) is 47.6 Å². The van der Waals surface area contributed by atoms with Gasteiger partial charge in [0.15, 0.2) is 0 Å². The van der Waals surface area contributed by atoms with Crippen LogP contribution in [-0.4, -0.2) is 15.1 Å². The monoisotopic (exact) mass is 274 g/mol. The van der Waals surface area contributed by atoms with Gasteiger partial charge in [0.2, 0.25) is 0 Å². The summed E-state index contributed by atoms with van der Waals surface area (Å²) in [6, 6.07) is 12.9. The van der Waals surface area contributed by atoms with Crippen LogP contribution in [0.5, 0.6) is 5.75 Å². The van der Waals surface area contributed by atoms with Crippen molar-refractivity contribution < 1.29 is 5.11 Å². The summed E-state index contributed by atoms with van der Waals surface area (Å²) < 4.78 is 0. The Morgan fingerprint density at radius 2 is 1.84 bits per heavy atom. The fourth-order valence-electron chi connectivity index (χ4n) is 1.83. The van der Waals surface area contributed by atoms with E-state index in [2.05, 4.69) is 9.97 Å². The fourth-order valence-corrected chi connectivity index (χ4v) is 1.97. The SMILES string of the molecule is CC.Oc1ccc(Cl)nc1-c1cc2ccccc2[nH]1. The van der Waals surface area contributed by atoms with Crippen LogP contribution in [0.25, 0.3) is 22.3 Å². The molecular formula is C15H15ClN2O. The van der Waals surface area contributed by atoms with Crippen LogP contribution >= 0.6 is 11.6 Å². The number of aromatic amines is 1. The number of pyridine rings is 1. The molecule has 2 aromatic heterocycles. The third-order valence-electron chi connectivity index (χ3n) is 2.63. The lowest BCUT2D eigenvalue weighted by Crippen LogP contribution is -1.84. The van der Waals surface area contributed by atoms with Crippen LogP contribution in [0, 0.1) is 0 Å². The summed E-state index contributed by atoms with van der Waals surface area (Å²) in [5.41, 5.74) is 2.23. The highest BCUT2D eigenvalue weighted by atomic mass is 35.5. The zero-order chi connectivity index (χ0) is 13.8. The summed E-state index contributed by atoms with van der Waals surface area (Å²) in [5, 5.41) is 11.2. The summed E-state index contributed by atoms with van der Waals surface area (Å²) in [6.45, 7) is 4.00. The topological polar surface area (TPSA) is 48.9 Å². The van der Waals surface area contributed by atoms with Gasteiger partial charge < -0.3 is 10.1 Å². The summed E-state index contributed by atoms with van der Waals surface area (Å²) in [4.78, 5) is 7.32. The van der Waals surface area contributed by atoms with Gasteiger partial charge in [-0.3, -0.25) is 0 Å². The second kappa shape index (κ2) is 5.76. The summed E-state index contributed by atoms with van der Waals surface area (Å²) in [7, 11) is 0. The minimum absolute atomic E-state index is 0.112. The third kappa shape index (κ3) is 2.71. The molecule has 0 amide bonds. The van der Waals surface area contributed by atoms with Crippen molar-refractivity contribution in [1.82, 2.24) is 9.97 Å². The van der Waals surface area contributed by atoms with Crippen LogP contribution in [0.1, 0.15) is 13.8 Å². The molecule has 0 spiro atoms. The molecule has 0 aliphatic rings. The molecule has 0 bridgehead atoms. The number of aromatic hydroxyl groups is 1. The van der Waals surface area contributed by atoms with Crippen molar-refractivity contribution in [2.45, 2.75) is 13.8 Å². The minimum atomic E-state index is 0.112. The van der Waals surface area contributed by atoms with Gasteiger partial charge in [-0.2, -0.15) is 0 Å². The first-order valence-corrected chi connectivity index (χ1v) is 6.55. The number of aromatic nitrogens is 2. The summed E-state index contributed by atoms with van der Waals surface area (Å²) >= 11 is 5.83. The quantitative estimate of drug-likeness (QED) is 0.636. The van der Waals surface area contributed by atoms with Crippen molar-refractivity contribution in [2.24, 2.45) is 0 Å². The highest BCUT2D eigenvalue weighted by Crippen LogP contribution is 2.30. The molecule has 0 saturated carbocycles. The Labute approximate surface area is 116 Å². The van der Waals surface area contributed by atoms with Gasteiger partial charge in [-0.15, -0.1) is 0 Å². The standard InChI is InChI=1S/C13H9ClN2O.C2H6/c14-12-6-5-11(17)13(16-12)10-7-8-3-1-2-4-9(8)15-10;1-2/h1-7,15,17H;1-2H3. The average Bonchev–Trinajstić information content (AvgIpc) is 2.87. The molecule has 19 heavy (non-hydrogen) atoms. The molecule has 0 saturated heterocycles. The molecule has 4 heteroatoms. The van der Waals surface area contributed by atoms with Crippen LogP contribution in [0.3, 0.4) is 0 Å². The van der Waals surface area contributed by atoms with E-state index in [-0.39, 0.29) is 5.75 Å². The van der Waals surface area contributed by atoms with Crippen LogP contribution in [-0.2, 0) is 0 Å². The minimum Gasteiger partial charge on any atom is -0.506 e. The Balaban J connectivity index is 0.000000637. The van der Waals surface area contributed by atoms with Crippen molar-refractivity contribution in [3.8, 4) is 17.1 Å². The number of halogens is 1. The van der Waals surface area contributed by atoms with Gasteiger partial charge in [0.25, 0.3) is 0 Å². The predicted molar refractivity (Wildman–Crippen MR) is 79.6 cm³/mol. The molecule has 0 atom stereocenters. The Morgan fingerprint density at radius 3 is 2.58 bits per heavy atom. The van der Waals surface area contributed by atoms with E-state index in [1.165, 1.54) is 6.07 Å². The number of rotatable bonds is 1. The number of fused-ring (bicyclic) bond motifs is 1. The number of H-pyrrole nitrogens is 1. The Hall–Kier alpha value is -2.00. The van der Waals surface area contributed by atoms with E-state index in [1.54, 1.807) is 6.07 Å². The molecular weight excluding hydrogens is 260 g/mol. The lowest BCUT2D eigenvalue weighted by atomic mass is 10.2. The molecule has 0 aliphatic carbocycles. The van der Waals surface area contributed by atoms with Crippen LogP contribution in [0.15, 0.2) is 42.5 Å². The second-order valence-corrected chi connectivity index (χ2v) is 4.16. The number of hydrogen-bond donors (Lipinski definition) is 2. The van der Waals surface area contributed by atoms with Crippen molar-refractivity contribution in [1.29, 1.82) is 0 Å². The predicted octanol–water partition coefficient (Wildman–Crippen LogP) is 4.62. The highest BCUT2D eigenvalue weighted by Gasteiger charge is 2.09. The van der Waals surface area contributed by atoms with Crippen molar-refractivity contribution >= 4 is 22.5 Å². The molecule has 0 radical (unpaired) electrons. The molecule has 3 nitrogen and oxygen atoms in total. The Bertz CT molecular complexity index is 658. The van der Waals surface area contributed by atoms with E-state index in [0.29, 0.717) is 10.8 Å². The van der Waals surface area contributed by atoms with Crippen LogP contribution < -0.4 is 0 Å². The fraction of sp³-hybridized carbons (Fsp3) is 0.133. The van der Waals surface area contributed by atoms with Gasteiger partial charge in [0.05, 0.1) is 5.69 Å². The number of benzene rings is 1. The van der Waals surface area contributed by atoms with Gasteiger partial charge in [-0.1, -0.05) is 43.6 Å². The van der Waals surface area contributed by atoms with E-state index in [9.17, 15) is 5.11 Å². The molecule has 0 unspecified atom stereocenters. The zero-order valence-electron chi connectivity index (χ0n) is 10.8. The maximum absolute atomic E-state index is 9.77. The van der Waals surface area contributed by atoms with Gasteiger partial charge in [0.1, 0.15) is 16.6 Å². The molecule has 2 N–H and O–H groups in total. The molecule has 0 aliphatic heterocycles. The van der Waals surface area contributed by atoms with Gasteiger partial charge in [-0.25, -0.2) is 4.98 Å².